The molecule has 4 atom stereocenters. The zero-order chi connectivity index (χ0) is 12.7. The molecule has 2 nitrogen and oxygen atoms in total. The molecule has 2 aliphatic rings. The summed E-state index contributed by atoms with van der Waals surface area (Å²) < 4.78 is 13.9. The number of rotatable bonds is 2. The van der Waals surface area contributed by atoms with E-state index < -0.39 is 0 Å². The summed E-state index contributed by atoms with van der Waals surface area (Å²) in [5.74, 6) is 1.40. The molecule has 1 aromatic rings. The van der Waals surface area contributed by atoms with Crippen LogP contribution in [0.25, 0.3) is 0 Å². The van der Waals surface area contributed by atoms with Crippen molar-refractivity contribution in [2.75, 3.05) is 19.6 Å². The van der Waals surface area contributed by atoms with Gasteiger partial charge in [0.05, 0.1) is 0 Å². The first-order chi connectivity index (χ1) is 8.68. The molecule has 18 heavy (non-hydrogen) atoms. The van der Waals surface area contributed by atoms with Crippen LogP contribution < -0.4 is 5.32 Å². The summed E-state index contributed by atoms with van der Waals surface area (Å²) in [6.45, 7) is 7.74. The second-order valence-corrected chi connectivity index (χ2v) is 5.72. The molecule has 0 aromatic heterocycles. The van der Waals surface area contributed by atoms with Gasteiger partial charge in [-0.1, -0.05) is 18.2 Å². The lowest BCUT2D eigenvalue weighted by molar-refractivity contribution is 0.179. The highest BCUT2D eigenvalue weighted by molar-refractivity contribution is 5.21. The van der Waals surface area contributed by atoms with Gasteiger partial charge < -0.3 is 5.32 Å². The van der Waals surface area contributed by atoms with E-state index in [9.17, 15) is 4.39 Å². The zero-order valence-electron chi connectivity index (χ0n) is 11.1. The average Bonchev–Trinajstić information content (AvgIpc) is 2.93. The van der Waals surface area contributed by atoms with E-state index in [1.807, 2.05) is 12.1 Å². The SMILES string of the molecule is CC(c1ccccc1F)N1CC2CNCC2C1C. The van der Waals surface area contributed by atoms with E-state index in [0.717, 1.165) is 37.0 Å². The Balaban J connectivity index is 1.82. The lowest BCUT2D eigenvalue weighted by atomic mass is 9.95. The van der Waals surface area contributed by atoms with Crippen molar-refractivity contribution in [2.45, 2.75) is 25.9 Å². The predicted octanol–water partition coefficient (Wildman–Crippen LogP) is 2.43. The Labute approximate surface area is 108 Å². The fourth-order valence-electron chi connectivity index (χ4n) is 3.70. The zero-order valence-corrected chi connectivity index (χ0v) is 11.1. The van der Waals surface area contributed by atoms with Gasteiger partial charge >= 0.3 is 0 Å². The first-order valence-electron chi connectivity index (χ1n) is 6.89. The molecule has 0 saturated carbocycles. The van der Waals surface area contributed by atoms with Gasteiger partial charge in [-0.15, -0.1) is 0 Å². The smallest absolute Gasteiger partial charge is 0.127 e. The van der Waals surface area contributed by atoms with E-state index in [0.29, 0.717) is 6.04 Å². The molecule has 2 saturated heterocycles. The van der Waals surface area contributed by atoms with Crippen LogP contribution in [0.2, 0.25) is 0 Å². The average molecular weight is 248 g/mol. The first-order valence-corrected chi connectivity index (χ1v) is 6.89. The van der Waals surface area contributed by atoms with Crippen LogP contribution in [0.3, 0.4) is 0 Å². The first kappa shape index (κ1) is 12.1. The van der Waals surface area contributed by atoms with Gasteiger partial charge in [0.25, 0.3) is 0 Å². The van der Waals surface area contributed by atoms with Gasteiger partial charge in [-0.3, -0.25) is 4.90 Å². The van der Waals surface area contributed by atoms with Crippen LogP contribution >= 0.6 is 0 Å². The molecule has 3 rings (SSSR count). The van der Waals surface area contributed by atoms with Crippen LogP contribution in [0.1, 0.15) is 25.5 Å². The summed E-state index contributed by atoms with van der Waals surface area (Å²) in [7, 11) is 0. The van der Waals surface area contributed by atoms with E-state index in [1.165, 1.54) is 0 Å². The van der Waals surface area contributed by atoms with Gasteiger partial charge in [-0.2, -0.15) is 0 Å². The molecule has 1 N–H and O–H groups in total. The molecular weight excluding hydrogens is 227 g/mol. The van der Waals surface area contributed by atoms with Gasteiger partial charge in [0, 0.05) is 24.2 Å². The number of fused-ring (bicyclic) bond motifs is 1. The molecular formula is C15H21FN2. The summed E-state index contributed by atoms with van der Waals surface area (Å²) in [5, 5.41) is 3.46. The minimum atomic E-state index is -0.0765. The van der Waals surface area contributed by atoms with Crippen molar-refractivity contribution in [3.05, 3.63) is 35.6 Å². The predicted molar refractivity (Wildman–Crippen MR) is 70.8 cm³/mol. The maximum absolute atomic E-state index is 13.9. The maximum Gasteiger partial charge on any atom is 0.127 e. The van der Waals surface area contributed by atoms with E-state index in [4.69, 9.17) is 0 Å². The van der Waals surface area contributed by atoms with Crippen LogP contribution in [-0.2, 0) is 0 Å². The Morgan fingerprint density at radius 1 is 1.33 bits per heavy atom. The minimum absolute atomic E-state index is 0.0765. The Bertz CT molecular complexity index is 434. The fraction of sp³-hybridized carbons (Fsp3) is 0.600. The molecule has 0 aliphatic carbocycles. The van der Waals surface area contributed by atoms with Crippen molar-refractivity contribution in [1.29, 1.82) is 0 Å². The number of hydrogen-bond acceptors (Lipinski definition) is 2. The van der Waals surface area contributed by atoms with Crippen molar-refractivity contribution in [3.63, 3.8) is 0 Å². The Morgan fingerprint density at radius 3 is 2.83 bits per heavy atom. The molecule has 98 valence electrons. The van der Waals surface area contributed by atoms with Crippen LogP contribution in [0.15, 0.2) is 24.3 Å². The Hall–Kier alpha value is -0.930. The number of nitrogens with one attached hydrogen (secondary N) is 1. The summed E-state index contributed by atoms with van der Waals surface area (Å²) >= 11 is 0. The highest BCUT2D eigenvalue weighted by atomic mass is 19.1. The molecule has 0 amide bonds. The quantitative estimate of drug-likeness (QED) is 0.864. The van der Waals surface area contributed by atoms with Crippen molar-refractivity contribution in [2.24, 2.45) is 11.8 Å². The molecule has 3 heteroatoms. The van der Waals surface area contributed by atoms with Crippen molar-refractivity contribution < 1.29 is 4.39 Å². The third-order valence-electron chi connectivity index (χ3n) is 4.83. The highest BCUT2D eigenvalue weighted by Crippen LogP contribution is 2.38. The number of benzene rings is 1. The monoisotopic (exact) mass is 248 g/mol. The minimum Gasteiger partial charge on any atom is -0.316 e. The highest BCUT2D eigenvalue weighted by Gasteiger charge is 2.43. The second kappa shape index (κ2) is 4.63. The van der Waals surface area contributed by atoms with Gasteiger partial charge in [0.2, 0.25) is 0 Å². The normalized spacial score (nSPS) is 33.6. The largest absolute Gasteiger partial charge is 0.316 e. The number of likely N-dealkylation sites (tertiary alicyclic amines) is 1. The summed E-state index contributed by atoms with van der Waals surface area (Å²) in [6, 6.07) is 7.88. The van der Waals surface area contributed by atoms with Crippen molar-refractivity contribution >= 4 is 0 Å². The summed E-state index contributed by atoms with van der Waals surface area (Å²) in [5.41, 5.74) is 0.831. The Kier molecular flexibility index (Phi) is 3.12. The van der Waals surface area contributed by atoms with E-state index >= 15 is 0 Å². The second-order valence-electron chi connectivity index (χ2n) is 5.72. The molecule has 2 fully saturated rings. The molecule has 0 spiro atoms. The van der Waals surface area contributed by atoms with Gasteiger partial charge in [0.15, 0.2) is 0 Å². The number of halogens is 1. The molecule has 2 heterocycles. The van der Waals surface area contributed by atoms with Gasteiger partial charge in [-0.05, 0) is 44.8 Å². The van der Waals surface area contributed by atoms with Crippen LogP contribution in [0.5, 0.6) is 0 Å². The van der Waals surface area contributed by atoms with Crippen LogP contribution in [-0.4, -0.2) is 30.6 Å². The lowest BCUT2D eigenvalue weighted by Gasteiger charge is -2.31. The van der Waals surface area contributed by atoms with Crippen LogP contribution in [0.4, 0.5) is 4.39 Å². The van der Waals surface area contributed by atoms with Gasteiger partial charge in [0.1, 0.15) is 5.82 Å². The molecule has 1 aromatic carbocycles. The topological polar surface area (TPSA) is 15.3 Å². The molecule has 0 bridgehead atoms. The standard InChI is InChI=1S/C15H21FN2/c1-10(13-5-3-4-6-15(13)16)18-9-12-7-17-8-14(12)11(18)2/h3-6,10-12,14,17H,7-9H2,1-2H3. The number of nitrogens with zero attached hydrogens (tertiary/aromatic N) is 1. The third kappa shape index (κ3) is 1.86. The molecule has 4 unspecified atom stereocenters. The van der Waals surface area contributed by atoms with E-state index in [2.05, 4.69) is 24.1 Å². The summed E-state index contributed by atoms with van der Waals surface area (Å²) in [6.07, 6.45) is 0. The molecule has 2 aliphatic heterocycles. The molecule has 0 radical (unpaired) electrons. The van der Waals surface area contributed by atoms with E-state index in [-0.39, 0.29) is 11.9 Å². The van der Waals surface area contributed by atoms with Crippen molar-refractivity contribution in [1.82, 2.24) is 10.2 Å². The fourth-order valence-corrected chi connectivity index (χ4v) is 3.70. The lowest BCUT2D eigenvalue weighted by Crippen LogP contribution is -2.35. The maximum atomic E-state index is 13.9. The summed E-state index contributed by atoms with van der Waals surface area (Å²) in [4.78, 5) is 2.47. The van der Waals surface area contributed by atoms with E-state index in [1.54, 1.807) is 12.1 Å². The third-order valence-corrected chi connectivity index (χ3v) is 4.83. The Morgan fingerprint density at radius 2 is 2.11 bits per heavy atom. The van der Waals surface area contributed by atoms with Gasteiger partial charge in [-0.25, -0.2) is 4.39 Å². The number of hydrogen-bond donors (Lipinski definition) is 1. The van der Waals surface area contributed by atoms with Crippen molar-refractivity contribution in [3.8, 4) is 0 Å². The van der Waals surface area contributed by atoms with Crippen LogP contribution in [0, 0.1) is 17.7 Å².